The first-order chi connectivity index (χ1) is 9.65. The number of hydrogen-bond donors (Lipinski definition) is 2. The quantitative estimate of drug-likeness (QED) is 0.833. The Morgan fingerprint density at radius 3 is 3.05 bits per heavy atom. The highest BCUT2D eigenvalue weighted by molar-refractivity contribution is 6.31. The van der Waals surface area contributed by atoms with Crippen molar-refractivity contribution in [3.8, 4) is 0 Å². The van der Waals surface area contributed by atoms with Crippen LogP contribution < -0.4 is 5.32 Å². The molecule has 1 unspecified atom stereocenters. The van der Waals surface area contributed by atoms with Gasteiger partial charge in [0.25, 0.3) is 5.91 Å². The number of nitrogens with zero attached hydrogens (tertiary/aromatic N) is 2. The lowest BCUT2D eigenvalue weighted by Crippen LogP contribution is -2.43. The molecule has 1 aromatic heterocycles. The number of aliphatic hydroxyl groups is 1. The smallest absolute Gasteiger partial charge is 0.270 e. The number of carbonyl (C=O) groups excluding carboxylic acids is 1. The second-order valence-electron chi connectivity index (χ2n) is 5.10. The fraction of sp³-hybridized carbons (Fsp3) is 0.643. The molecule has 0 saturated carbocycles. The van der Waals surface area contributed by atoms with Gasteiger partial charge in [0.15, 0.2) is 0 Å². The minimum Gasteiger partial charge on any atom is -0.395 e. The third-order valence-corrected chi connectivity index (χ3v) is 3.89. The van der Waals surface area contributed by atoms with E-state index in [1.165, 1.54) is 0 Å². The number of aliphatic hydroxyl groups excluding tert-OH is 1. The zero-order chi connectivity index (χ0) is 14.5. The van der Waals surface area contributed by atoms with E-state index in [2.05, 4.69) is 5.32 Å². The summed E-state index contributed by atoms with van der Waals surface area (Å²) in [5.74, 6) is -0.0681. The highest BCUT2D eigenvalue weighted by Crippen LogP contribution is 2.17. The second kappa shape index (κ2) is 7.11. The van der Waals surface area contributed by atoms with Crippen LogP contribution in [-0.2, 0) is 6.54 Å². The summed E-state index contributed by atoms with van der Waals surface area (Å²) in [6.45, 7) is 4.63. The number of carbonyl (C=O) groups is 1. The molecule has 1 aliphatic heterocycles. The van der Waals surface area contributed by atoms with Crippen LogP contribution in [0, 0.1) is 0 Å². The standard InChI is InChI=1S/C14H22ClN3O2/c1-2-17-9-11(15)8-13(17)14(20)18(6-7-19)10-12-4-3-5-16-12/h8-9,12,16,19H,2-7,10H2,1H3. The lowest BCUT2D eigenvalue weighted by atomic mass is 10.2. The Hall–Kier alpha value is -1.04. The minimum absolute atomic E-state index is 0.0287. The summed E-state index contributed by atoms with van der Waals surface area (Å²) in [5.41, 5.74) is 0.587. The van der Waals surface area contributed by atoms with Gasteiger partial charge in [0.2, 0.25) is 0 Å². The Labute approximate surface area is 124 Å². The Kier molecular flexibility index (Phi) is 5.46. The average molecular weight is 300 g/mol. The van der Waals surface area contributed by atoms with Crippen LogP contribution in [0.5, 0.6) is 0 Å². The molecule has 1 amide bonds. The van der Waals surface area contributed by atoms with E-state index in [0.29, 0.717) is 36.4 Å². The van der Waals surface area contributed by atoms with E-state index in [9.17, 15) is 9.90 Å². The highest BCUT2D eigenvalue weighted by Gasteiger charge is 2.24. The van der Waals surface area contributed by atoms with E-state index >= 15 is 0 Å². The molecule has 0 aromatic carbocycles. The molecule has 1 atom stereocenters. The van der Waals surface area contributed by atoms with Crippen molar-refractivity contribution in [3.05, 3.63) is 23.0 Å². The van der Waals surface area contributed by atoms with Gasteiger partial charge in [-0.15, -0.1) is 0 Å². The maximum absolute atomic E-state index is 12.6. The first kappa shape index (κ1) is 15.4. The van der Waals surface area contributed by atoms with E-state index in [4.69, 9.17) is 11.6 Å². The van der Waals surface area contributed by atoms with Gasteiger partial charge in [0, 0.05) is 31.9 Å². The zero-order valence-corrected chi connectivity index (χ0v) is 12.6. The summed E-state index contributed by atoms with van der Waals surface area (Å²) >= 11 is 5.99. The predicted molar refractivity (Wildman–Crippen MR) is 79.1 cm³/mol. The van der Waals surface area contributed by atoms with Gasteiger partial charge in [-0.1, -0.05) is 11.6 Å². The maximum atomic E-state index is 12.6. The van der Waals surface area contributed by atoms with E-state index in [-0.39, 0.29) is 12.5 Å². The molecule has 0 spiro atoms. The molecule has 112 valence electrons. The first-order valence-electron chi connectivity index (χ1n) is 7.15. The molecule has 2 N–H and O–H groups in total. The van der Waals surface area contributed by atoms with Crippen molar-refractivity contribution in [2.45, 2.75) is 32.4 Å². The molecular formula is C14H22ClN3O2. The fourth-order valence-corrected chi connectivity index (χ4v) is 2.87. The Morgan fingerprint density at radius 2 is 2.45 bits per heavy atom. The third-order valence-electron chi connectivity index (χ3n) is 3.68. The van der Waals surface area contributed by atoms with Gasteiger partial charge < -0.3 is 19.9 Å². The molecule has 0 radical (unpaired) electrons. The molecule has 2 rings (SSSR count). The van der Waals surface area contributed by atoms with Gasteiger partial charge in [-0.05, 0) is 32.4 Å². The lowest BCUT2D eigenvalue weighted by molar-refractivity contribution is 0.0696. The van der Waals surface area contributed by atoms with Crippen LogP contribution in [-0.4, -0.2) is 52.8 Å². The third kappa shape index (κ3) is 3.53. The molecule has 1 aliphatic rings. The number of aryl methyl sites for hydroxylation is 1. The molecule has 2 heterocycles. The summed E-state index contributed by atoms with van der Waals surface area (Å²) in [6.07, 6.45) is 3.98. The fourth-order valence-electron chi connectivity index (χ4n) is 2.65. The highest BCUT2D eigenvalue weighted by atomic mass is 35.5. The van der Waals surface area contributed by atoms with Gasteiger partial charge in [-0.3, -0.25) is 4.79 Å². The van der Waals surface area contributed by atoms with Gasteiger partial charge in [0.1, 0.15) is 5.69 Å². The number of rotatable bonds is 6. The summed E-state index contributed by atoms with van der Waals surface area (Å²) in [4.78, 5) is 14.3. The van der Waals surface area contributed by atoms with Gasteiger partial charge in [0.05, 0.1) is 11.6 Å². The van der Waals surface area contributed by atoms with Crippen LogP contribution in [0.2, 0.25) is 5.02 Å². The normalized spacial score (nSPS) is 18.4. The van der Waals surface area contributed by atoms with Crippen LogP contribution in [0.3, 0.4) is 0 Å². The topological polar surface area (TPSA) is 57.5 Å². The van der Waals surface area contributed by atoms with E-state index in [0.717, 1.165) is 19.4 Å². The zero-order valence-electron chi connectivity index (χ0n) is 11.8. The summed E-state index contributed by atoms with van der Waals surface area (Å²) in [5, 5.41) is 13.1. The van der Waals surface area contributed by atoms with Crippen LogP contribution in [0.15, 0.2) is 12.3 Å². The van der Waals surface area contributed by atoms with Crippen molar-refractivity contribution in [2.75, 3.05) is 26.2 Å². The number of nitrogens with one attached hydrogen (secondary N) is 1. The Balaban J connectivity index is 2.12. The largest absolute Gasteiger partial charge is 0.395 e. The summed E-state index contributed by atoms with van der Waals surface area (Å²) < 4.78 is 1.84. The minimum atomic E-state index is -0.0681. The monoisotopic (exact) mass is 299 g/mol. The van der Waals surface area contributed by atoms with Crippen LogP contribution >= 0.6 is 11.6 Å². The summed E-state index contributed by atoms with van der Waals surface area (Å²) in [7, 11) is 0. The van der Waals surface area contributed by atoms with Crippen LogP contribution in [0.1, 0.15) is 30.3 Å². The van der Waals surface area contributed by atoms with Crippen molar-refractivity contribution < 1.29 is 9.90 Å². The number of hydrogen-bond acceptors (Lipinski definition) is 3. The van der Waals surface area contributed by atoms with Crippen LogP contribution in [0.25, 0.3) is 0 Å². The molecular weight excluding hydrogens is 278 g/mol. The van der Waals surface area contributed by atoms with Crippen molar-refractivity contribution in [1.29, 1.82) is 0 Å². The molecule has 20 heavy (non-hydrogen) atoms. The van der Waals surface area contributed by atoms with Gasteiger partial charge >= 0.3 is 0 Å². The molecule has 1 saturated heterocycles. The molecule has 0 aliphatic carbocycles. The molecule has 1 fully saturated rings. The maximum Gasteiger partial charge on any atom is 0.270 e. The molecule has 6 heteroatoms. The number of amides is 1. The van der Waals surface area contributed by atoms with Gasteiger partial charge in [-0.25, -0.2) is 0 Å². The van der Waals surface area contributed by atoms with Crippen molar-refractivity contribution in [1.82, 2.24) is 14.8 Å². The summed E-state index contributed by atoms with van der Waals surface area (Å²) in [6, 6.07) is 2.02. The molecule has 5 nitrogen and oxygen atoms in total. The van der Waals surface area contributed by atoms with E-state index in [1.54, 1.807) is 17.2 Å². The van der Waals surface area contributed by atoms with Crippen molar-refractivity contribution in [2.24, 2.45) is 0 Å². The number of halogens is 1. The van der Waals surface area contributed by atoms with Crippen LogP contribution in [0.4, 0.5) is 0 Å². The Bertz CT molecular complexity index is 455. The first-order valence-corrected chi connectivity index (χ1v) is 7.52. The second-order valence-corrected chi connectivity index (χ2v) is 5.53. The van der Waals surface area contributed by atoms with E-state index < -0.39 is 0 Å². The average Bonchev–Trinajstić information content (AvgIpc) is 3.06. The van der Waals surface area contributed by atoms with Crippen molar-refractivity contribution in [3.63, 3.8) is 0 Å². The van der Waals surface area contributed by atoms with Gasteiger partial charge in [-0.2, -0.15) is 0 Å². The SMILES string of the molecule is CCn1cc(Cl)cc1C(=O)N(CCO)CC1CCCN1. The molecule has 1 aromatic rings. The van der Waals surface area contributed by atoms with E-state index in [1.807, 2.05) is 11.5 Å². The lowest BCUT2D eigenvalue weighted by Gasteiger charge is -2.25. The predicted octanol–water partition coefficient (Wildman–Crippen LogP) is 1.35. The number of aromatic nitrogens is 1. The van der Waals surface area contributed by atoms with Crippen molar-refractivity contribution >= 4 is 17.5 Å². The Morgan fingerprint density at radius 1 is 1.65 bits per heavy atom. The molecule has 0 bridgehead atoms.